The molecule has 1 saturated heterocycles. The first-order valence-electron chi connectivity index (χ1n) is 9.40. The fraction of sp³-hybridized carbons (Fsp3) is 0.273. The summed E-state index contributed by atoms with van der Waals surface area (Å²) in [5.41, 5.74) is 2.52. The second-order valence-electron chi connectivity index (χ2n) is 7.15. The third-order valence-electron chi connectivity index (χ3n) is 5.24. The SMILES string of the molecule is CC(=O)n1cc(C(=O)N2CCN(Cc3ccccc3)CC2)c2cc(Cl)ccc21. The summed E-state index contributed by atoms with van der Waals surface area (Å²) >= 11 is 6.14. The lowest BCUT2D eigenvalue weighted by Crippen LogP contribution is -2.48. The number of rotatable bonds is 3. The predicted molar refractivity (Wildman–Crippen MR) is 111 cm³/mol. The van der Waals surface area contributed by atoms with E-state index in [-0.39, 0.29) is 11.8 Å². The van der Waals surface area contributed by atoms with Gasteiger partial charge in [-0.1, -0.05) is 41.9 Å². The zero-order valence-electron chi connectivity index (χ0n) is 15.8. The summed E-state index contributed by atoms with van der Waals surface area (Å²) in [5, 5.41) is 1.27. The molecule has 0 atom stereocenters. The van der Waals surface area contributed by atoms with E-state index in [0.29, 0.717) is 29.2 Å². The van der Waals surface area contributed by atoms with Crippen LogP contribution < -0.4 is 0 Å². The van der Waals surface area contributed by atoms with Gasteiger partial charge < -0.3 is 4.90 Å². The number of hydrogen-bond acceptors (Lipinski definition) is 3. The highest BCUT2D eigenvalue weighted by molar-refractivity contribution is 6.31. The molecule has 1 aliphatic rings. The summed E-state index contributed by atoms with van der Waals surface area (Å²) in [7, 11) is 0. The Labute approximate surface area is 169 Å². The maximum Gasteiger partial charge on any atom is 0.256 e. The van der Waals surface area contributed by atoms with Crippen LogP contribution in [0.5, 0.6) is 0 Å². The molecule has 0 unspecified atom stereocenters. The van der Waals surface area contributed by atoms with Gasteiger partial charge in [-0.2, -0.15) is 0 Å². The van der Waals surface area contributed by atoms with E-state index in [1.165, 1.54) is 17.1 Å². The Hall–Kier alpha value is -2.63. The highest BCUT2D eigenvalue weighted by Crippen LogP contribution is 2.26. The number of fused-ring (bicyclic) bond motifs is 1. The lowest BCUT2D eigenvalue weighted by atomic mass is 10.1. The fourth-order valence-electron chi connectivity index (χ4n) is 3.75. The van der Waals surface area contributed by atoms with Gasteiger partial charge in [0.25, 0.3) is 5.91 Å². The third-order valence-corrected chi connectivity index (χ3v) is 5.48. The maximum absolute atomic E-state index is 13.2. The minimum absolute atomic E-state index is 0.0494. The largest absolute Gasteiger partial charge is 0.336 e. The second-order valence-corrected chi connectivity index (χ2v) is 7.58. The van der Waals surface area contributed by atoms with Crippen molar-refractivity contribution in [3.8, 4) is 0 Å². The van der Waals surface area contributed by atoms with Crippen molar-refractivity contribution in [2.75, 3.05) is 26.2 Å². The molecule has 0 N–H and O–H groups in total. The van der Waals surface area contributed by atoms with Crippen LogP contribution in [0, 0.1) is 0 Å². The number of nitrogens with zero attached hydrogens (tertiary/aromatic N) is 3. The molecule has 0 bridgehead atoms. The Balaban J connectivity index is 1.51. The van der Waals surface area contributed by atoms with Gasteiger partial charge in [-0.25, -0.2) is 0 Å². The van der Waals surface area contributed by atoms with Crippen molar-refractivity contribution < 1.29 is 9.59 Å². The molecule has 6 heteroatoms. The van der Waals surface area contributed by atoms with Crippen LogP contribution in [0.4, 0.5) is 0 Å². The minimum atomic E-state index is -0.126. The number of halogens is 1. The Bertz CT molecular complexity index is 1020. The molecule has 0 aliphatic carbocycles. The molecular weight excluding hydrogens is 374 g/mol. The Morgan fingerprint density at radius 2 is 1.71 bits per heavy atom. The van der Waals surface area contributed by atoms with E-state index in [2.05, 4.69) is 17.0 Å². The number of piperazine rings is 1. The number of hydrogen-bond donors (Lipinski definition) is 0. The number of benzene rings is 2. The monoisotopic (exact) mass is 395 g/mol. The molecule has 0 saturated carbocycles. The van der Waals surface area contributed by atoms with Gasteiger partial charge in [0.2, 0.25) is 5.91 Å². The molecule has 2 heterocycles. The zero-order chi connectivity index (χ0) is 19.7. The molecule has 0 radical (unpaired) electrons. The van der Waals surface area contributed by atoms with E-state index in [1.54, 1.807) is 24.4 Å². The molecule has 4 rings (SSSR count). The van der Waals surface area contributed by atoms with Crippen molar-refractivity contribution in [1.29, 1.82) is 0 Å². The van der Waals surface area contributed by atoms with Gasteiger partial charge in [0.15, 0.2) is 0 Å². The van der Waals surface area contributed by atoms with Crippen molar-refractivity contribution in [3.05, 3.63) is 70.9 Å². The number of carbonyl (C=O) groups excluding carboxylic acids is 2. The van der Waals surface area contributed by atoms with Crippen molar-refractivity contribution in [3.63, 3.8) is 0 Å². The Kier molecular flexibility index (Phi) is 5.20. The highest BCUT2D eigenvalue weighted by Gasteiger charge is 2.25. The van der Waals surface area contributed by atoms with Gasteiger partial charge in [-0.3, -0.25) is 19.1 Å². The lowest BCUT2D eigenvalue weighted by Gasteiger charge is -2.34. The van der Waals surface area contributed by atoms with Gasteiger partial charge in [-0.05, 0) is 23.8 Å². The molecular formula is C22H22ClN3O2. The molecule has 0 spiro atoms. The topological polar surface area (TPSA) is 45.6 Å². The van der Waals surface area contributed by atoms with Crippen LogP contribution in [0.25, 0.3) is 10.9 Å². The van der Waals surface area contributed by atoms with Crippen molar-refractivity contribution in [2.24, 2.45) is 0 Å². The summed E-state index contributed by atoms with van der Waals surface area (Å²) < 4.78 is 1.52. The average Bonchev–Trinajstić information content (AvgIpc) is 3.08. The highest BCUT2D eigenvalue weighted by atomic mass is 35.5. The van der Waals surface area contributed by atoms with E-state index in [4.69, 9.17) is 11.6 Å². The molecule has 2 aromatic carbocycles. The van der Waals surface area contributed by atoms with Gasteiger partial charge in [0.1, 0.15) is 0 Å². The average molecular weight is 396 g/mol. The Morgan fingerprint density at radius 3 is 2.39 bits per heavy atom. The first-order valence-corrected chi connectivity index (χ1v) is 9.78. The van der Waals surface area contributed by atoms with Crippen LogP contribution in [-0.2, 0) is 6.54 Å². The van der Waals surface area contributed by atoms with Gasteiger partial charge in [0.05, 0.1) is 11.1 Å². The third kappa shape index (κ3) is 3.68. The second kappa shape index (κ2) is 7.78. The van der Waals surface area contributed by atoms with E-state index < -0.39 is 0 Å². The van der Waals surface area contributed by atoms with Gasteiger partial charge in [0, 0.05) is 56.3 Å². The van der Waals surface area contributed by atoms with Gasteiger partial charge >= 0.3 is 0 Å². The Morgan fingerprint density at radius 1 is 1.00 bits per heavy atom. The fourth-order valence-corrected chi connectivity index (χ4v) is 3.93. The number of aromatic nitrogens is 1. The summed E-state index contributed by atoms with van der Waals surface area (Å²) in [6, 6.07) is 15.6. The predicted octanol–water partition coefficient (Wildman–Crippen LogP) is 3.91. The molecule has 3 aromatic rings. The van der Waals surface area contributed by atoms with Crippen LogP contribution >= 0.6 is 11.6 Å². The molecule has 5 nitrogen and oxygen atoms in total. The van der Waals surface area contributed by atoms with Crippen LogP contribution in [0.15, 0.2) is 54.7 Å². The first-order chi connectivity index (χ1) is 13.5. The number of carbonyl (C=O) groups is 2. The summed E-state index contributed by atoms with van der Waals surface area (Å²) in [6.45, 7) is 5.37. The van der Waals surface area contributed by atoms with E-state index >= 15 is 0 Å². The summed E-state index contributed by atoms with van der Waals surface area (Å²) in [5.74, 6) is -0.175. The van der Waals surface area contributed by atoms with Gasteiger partial charge in [-0.15, -0.1) is 0 Å². The maximum atomic E-state index is 13.2. The van der Waals surface area contributed by atoms with Crippen molar-refractivity contribution in [2.45, 2.75) is 13.5 Å². The zero-order valence-corrected chi connectivity index (χ0v) is 16.5. The molecule has 1 amide bonds. The molecule has 1 aliphatic heterocycles. The normalized spacial score (nSPS) is 15.1. The van der Waals surface area contributed by atoms with Crippen molar-refractivity contribution >= 4 is 34.3 Å². The van der Waals surface area contributed by atoms with Crippen LogP contribution in [0.3, 0.4) is 0 Å². The smallest absolute Gasteiger partial charge is 0.256 e. The van der Waals surface area contributed by atoms with E-state index in [1.807, 2.05) is 23.1 Å². The van der Waals surface area contributed by atoms with Crippen LogP contribution in [-0.4, -0.2) is 52.4 Å². The summed E-state index contributed by atoms with van der Waals surface area (Å²) in [4.78, 5) is 29.4. The van der Waals surface area contributed by atoms with Crippen molar-refractivity contribution in [1.82, 2.24) is 14.4 Å². The molecule has 1 aromatic heterocycles. The standard InChI is InChI=1S/C22H22ClN3O2/c1-16(27)26-15-20(19-13-18(23)7-8-21(19)26)22(28)25-11-9-24(10-12-25)14-17-5-3-2-4-6-17/h2-8,13,15H,9-12,14H2,1H3. The number of amides is 1. The summed E-state index contributed by atoms with van der Waals surface area (Å²) in [6.07, 6.45) is 1.64. The quantitative estimate of drug-likeness (QED) is 0.675. The van der Waals surface area contributed by atoms with Crippen LogP contribution in [0.2, 0.25) is 5.02 Å². The lowest BCUT2D eigenvalue weighted by molar-refractivity contribution is 0.0630. The molecule has 1 fully saturated rings. The molecule has 28 heavy (non-hydrogen) atoms. The minimum Gasteiger partial charge on any atom is -0.336 e. The molecule has 144 valence electrons. The van der Waals surface area contributed by atoms with Crippen LogP contribution in [0.1, 0.15) is 27.6 Å². The first kappa shape index (κ1) is 18.7. The van der Waals surface area contributed by atoms with E-state index in [0.717, 1.165) is 25.0 Å². The van der Waals surface area contributed by atoms with E-state index in [9.17, 15) is 9.59 Å².